The van der Waals surface area contributed by atoms with Crippen LogP contribution in [0.5, 0.6) is 5.75 Å². The van der Waals surface area contributed by atoms with Gasteiger partial charge < -0.3 is 19.5 Å². The Balaban J connectivity index is 1.68. The van der Waals surface area contributed by atoms with E-state index in [1.54, 1.807) is 24.4 Å². The summed E-state index contributed by atoms with van der Waals surface area (Å²) in [6.45, 7) is 3.96. The standard InChI is InChI=1S/C27H24FN5O3S/c1-16-14-21(17(2)31(16)23-12-11-20(33(34)35)15-24(23)36-3)26-25(22-6-4-5-13-29-22)30-27(37)32(26)19-9-7-18(28)8-10-19/h4-15,25-26H,1-3H3,(H,30,37)/t25-,26-/m0/s1. The minimum Gasteiger partial charge on any atom is -0.494 e. The van der Waals surface area contributed by atoms with Crippen molar-refractivity contribution in [3.8, 4) is 11.4 Å². The number of nitrogens with zero attached hydrogens (tertiary/aromatic N) is 4. The van der Waals surface area contributed by atoms with Crippen LogP contribution in [0.15, 0.2) is 72.9 Å². The summed E-state index contributed by atoms with van der Waals surface area (Å²) in [7, 11) is 1.49. The van der Waals surface area contributed by atoms with Crippen LogP contribution >= 0.6 is 12.2 Å². The van der Waals surface area contributed by atoms with Crippen LogP contribution in [0.3, 0.4) is 0 Å². The molecule has 1 fully saturated rings. The van der Waals surface area contributed by atoms with E-state index < -0.39 is 4.92 Å². The van der Waals surface area contributed by atoms with Crippen LogP contribution in [-0.4, -0.2) is 26.7 Å². The van der Waals surface area contributed by atoms with Gasteiger partial charge in [-0.2, -0.15) is 0 Å². The van der Waals surface area contributed by atoms with E-state index in [4.69, 9.17) is 17.0 Å². The van der Waals surface area contributed by atoms with Crippen molar-refractivity contribution in [2.24, 2.45) is 0 Å². The van der Waals surface area contributed by atoms with Gasteiger partial charge in [-0.3, -0.25) is 15.1 Å². The van der Waals surface area contributed by atoms with Crippen LogP contribution < -0.4 is 15.0 Å². The molecule has 3 heterocycles. The third-order valence-electron chi connectivity index (χ3n) is 6.61. The number of aryl methyl sites for hydroxylation is 1. The molecule has 1 aliphatic rings. The van der Waals surface area contributed by atoms with Gasteiger partial charge in [0.25, 0.3) is 5.69 Å². The topological polar surface area (TPSA) is 85.5 Å². The Kier molecular flexibility index (Phi) is 6.34. The highest BCUT2D eigenvalue weighted by Crippen LogP contribution is 2.44. The third kappa shape index (κ3) is 4.29. The van der Waals surface area contributed by atoms with Gasteiger partial charge in [-0.15, -0.1) is 0 Å². The Morgan fingerprint density at radius 2 is 1.86 bits per heavy atom. The van der Waals surface area contributed by atoms with Gasteiger partial charge in [-0.1, -0.05) is 6.07 Å². The summed E-state index contributed by atoms with van der Waals surface area (Å²) in [5.74, 6) is 0.0578. The van der Waals surface area contributed by atoms with Gasteiger partial charge >= 0.3 is 0 Å². The van der Waals surface area contributed by atoms with Crippen LogP contribution in [0, 0.1) is 29.8 Å². The Bertz CT molecular complexity index is 1490. The molecule has 1 saturated heterocycles. The number of non-ortho nitro benzene ring substituents is 1. The lowest BCUT2D eigenvalue weighted by molar-refractivity contribution is -0.384. The molecule has 0 unspecified atom stereocenters. The minimum absolute atomic E-state index is 0.0497. The summed E-state index contributed by atoms with van der Waals surface area (Å²) in [4.78, 5) is 17.4. The number of hydrogen-bond donors (Lipinski definition) is 1. The van der Waals surface area contributed by atoms with Crippen molar-refractivity contribution >= 4 is 28.7 Å². The van der Waals surface area contributed by atoms with Crippen molar-refractivity contribution in [2.45, 2.75) is 25.9 Å². The zero-order chi connectivity index (χ0) is 26.3. The molecule has 5 rings (SSSR count). The van der Waals surface area contributed by atoms with Gasteiger partial charge in [-0.25, -0.2) is 4.39 Å². The molecule has 10 heteroatoms. The maximum atomic E-state index is 13.8. The fourth-order valence-electron chi connectivity index (χ4n) is 4.97. The second kappa shape index (κ2) is 9.62. The molecular weight excluding hydrogens is 493 g/mol. The number of ether oxygens (including phenoxy) is 1. The number of nitro benzene ring substituents is 1. The molecule has 0 spiro atoms. The number of nitrogens with one attached hydrogen (secondary N) is 1. The van der Waals surface area contributed by atoms with E-state index >= 15 is 0 Å². The van der Waals surface area contributed by atoms with Crippen LogP contribution in [0.25, 0.3) is 5.69 Å². The third-order valence-corrected chi connectivity index (χ3v) is 6.92. The fourth-order valence-corrected chi connectivity index (χ4v) is 5.32. The smallest absolute Gasteiger partial charge is 0.273 e. The minimum atomic E-state index is -0.448. The number of hydrogen-bond acceptors (Lipinski definition) is 5. The van der Waals surface area contributed by atoms with E-state index in [1.807, 2.05) is 41.5 Å². The summed E-state index contributed by atoms with van der Waals surface area (Å²) in [6.07, 6.45) is 1.74. The second-order valence-electron chi connectivity index (χ2n) is 8.75. The number of aromatic nitrogens is 2. The van der Waals surface area contributed by atoms with Crippen molar-refractivity contribution in [3.63, 3.8) is 0 Å². The lowest BCUT2D eigenvalue weighted by Crippen LogP contribution is -2.29. The summed E-state index contributed by atoms with van der Waals surface area (Å²) < 4.78 is 21.3. The fraction of sp³-hybridized carbons (Fsp3) is 0.185. The predicted molar refractivity (Wildman–Crippen MR) is 143 cm³/mol. The first-order valence-corrected chi connectivity index (χ1v) is 12.0. The van der Waals surface area contributed by atoms with Crippen LogP contribution in [0.2, 0.25) is 0 Å². The molecule has 0 amide bonds. The molecular formula is C27H24FN5O3S. The van der Waals surface area contributed by atoms with Crippen molar-refractivity contribution < 1.29 is 14.1 Å². The number of nitro groups is 1. The van der Waals surface area contributed by atoms with Gasteiger partial charge in [0.15, 0.2) is 5.11 Å². The van der Waals surface area contributed by atoms with E-state index in [9.17, 15) is 14.5 Å². The van der Waals surface area contributed by atoms with E-state index in [-0.39, 0.29) is 23.6 Å². The molecule has 1 aliphatic heterocycles. The Labute approximate surface area is 218 Å². The summed E-state index contributed by atoms with van der Waals surface area (Å²) in [5.41, 5.74) is 5.00. The molecule has 0 aliphatic carbocycles. The van der Waals surface area contributed by atoms with E-state index in [0.29, 0.717) is 16.5 Å². The number of anilines is 1. The molecule has 2 aromatic heterocycles. The average Bonchev–Trinajstić information content (AvgIpc) is 3.39. The highest BCUT2D eigenvalue weighted by atomic mass is 32.1. The lowest BCUT2D eigenvalue weighted by Gasteiger charge is -2.28. The van der Waals surface area contributed by atoms with Gasteiger partial charge in [-0.05, 0) is 80.2 Å². The Morgan fingerprint density at radius 1 is 1.11 bits per heavy atom. The molecule has 4 aromatic rings. The zero-order valence-electron chi connectivity index (χ0n) is 20.4. The molecule has 2 aromatic carbocycles. The second-order valence-corrected chi connectivity index (χ2v) is 9.13. The van der Waals surface area contributed by atoms with E-state index in [1.165, 1.54) is 31.4 Å². The molecule has 2 atom stereocenters. The number of pyridine rings is 1. The first kappa shape index (κ1) is 24.4. The molecule has 1 N–H and O–H groups in total. The van der Waals surface area contributed by atoms with E-state index in [0.717, 1.165) is 28.3 Å². The molecule has 0 radical (unpaired) electrons. The summed E-state index contributed by atoms with van der Waals surface area (Å²) in [5, 5.41) is 15.2. The van der Waals surface area contributed by atoms with Gasteiger partial charge in [0.1, 0.15) is 11.6 Å². The van der Waals surface area contributed by atoms with Crippen molar-refractivity contribution in [1.82, 2.24) is 14.9 Å². The monoisotopic (exact) mass is 517 g/mol. The molecule has 0 bridgehead atoms. The van der Waals surface area contributed by atoms with Crippen molar-refractivity contribution in [2.75, 3.05) is 12.0 Å². The number of benzene rings is 2. The quantitative estimate of drug-likeness (QED) is 0.199. The lowest BCUT2D eigenvalue weighted by atomic mass is 9.96. The largest absolute Gasteiger partial charge is 0.494 e. The van der Waals surface area contributed by atoms with E-state index in [2.05, 4.69) is 16.4 Å². The first-order valence-electron chi connectivity index (χ1n) is 11.6. The molecule has 37 heavy (non-hydrogen) atoms. The maximum absolute atomic E-state index is 13.8. The Morgan fingerprint density at radius 3 is 2.51 bits per heavy atom. The maximum Gasteiger partial charge on any atom is 0.273 e. The molecule has 188 valence electrons. The summed E-state index contributed by atoms with van der Waals surface area (Å²) in [6, 6.07) is 18.0. The highest BCUT2D eigenvalue weighted by molar-refractivity contribution is 7.80. The predicted octanol–water partition coefficient (Wildman–Crippen LogP) is 5.72. The highest BCUT2D eigenvalue weighted by Gasteiger charge is 2.42. The van der Waals surface area contributed by atoms with Crippen molar-refractivity contribution in [3.05, 3.63) is 112 Å². The average molecular weight is 518 g/mol. The SMILES string of the molecule is COc1cc([N+](=O)[O-])ccc1-n1c(C)cc([C@H]2[C@H](c3ccccn3)NC(=S)N2c2ccc(F)cc2)c1C. The van der Waals surface area contributed by atoms with Crippen molar-refractivity contribution in [1.29, 1.82) is 0 Å². The number of methoxy groups -OCH3 is 1. The molecule has 8 nitrogen and oxygen atoms in total. The first-order chi connectivity index (χ1) is 17.8. The molecule has 0 saturated carbocycles. The van der Waals surface area contributed by atoms with Gasteiger partial charge in [0, 0.05) is 29.3 Å². The van der Waals surface area contributed by atoms with Crippen LogP contribution in [-0.2, 0) is 0 Å². The summed E-state index contributed by atoms with van der Waals surface area (Å²) >= 11 is 5.77. The van der Waals surface area contributed by atoms with Crippen LogP contribution in [0.1, 0.15) is 34.7 Å². The van der Waals surface area contributed by atoms with Gasteiger partial charge in [0.05, 0.1) is 41.6 Å². The van der Waals surface area contributed by atoms with Crippen LogP contribution in [0.4, 0.5) is 15.8 Å². The number of rotatable bonds is 6. The number of halogens is 1. The Hall–Kier alpha value is -4.31. The van der Waals surface area contributed by atoms with Gasteiger partial charge in [0.2, 0.25) is 0 Å². The normalized spacial score (nSPS) is 17.1. The zero-order valence-corrected chi connectivity index (χ0v) is 21.2. The number of thiocarbonyl (C=S) groups is 1.